The molecule has 0 aliphatic carbocycles. The van der Waals surface area contributed by atoms with Crippen LogP contribution in [0.4, 0.5) is 0 Å². The molecule has 0 aliphatic heterocycles. The Hall–Kier alpha value is -2.49. The molecule has 0 spiro atoms. The van der Waals surface area contributed by atoms with Crippen molar-refractivity contribution in [3.05, 3.63) is 65.7 Å². The monoisotopic (exact) mass is 325 g/mol. The van der Waals surface area contributed by atoms with Gasteiger partial charge in [-0.2, -0.15) is 0 Å². The third-order valence-corrected chi connectivity index (χ3v) is 4.07. The minimum atomic E-state index is 0.0227. The molecule has 2 aromatic rings. The minimum Gasteiger partial charge on any atom is -0.497 e. The first-order valence-corrected chi connectivity index (χ1v) is 8.18. The number of nitrogens with one attached hydrogen (secondary N) is 2. The van der Waals surface area contributed by atoms with Crippen molar-refractivity contribution in [2.45, 2.75) is 25.8 Å². The van der Waals surface area contributed by atoms with Crippen LogP contribution in [0.5, 0.6) is 5.75 Å². The van der Waals surface area contributed by atoms with Crippen LogP contribution in [0.25, 0.3) is 0 Å². The Bertz CT molecular complexity index is 666. The summed E-state index contributed by atoms with van der Waals surface area (Å²) >= 11 is 0. The topological polar surface area (TPSA) is 45.7 Å². The van der Waals surface area contributed by atoms with E-state index in [0.717, 1.165) is 23.8 Å². The van der Waals surface area contributed by atoms with Gasteiger partial charge in [-0.3, -0.25) is 4.99 Å². The Kier molecular flexibility index (Phi) is 6.24. The highest BCUT2D eigenvalue weighted by Crippen LogP contribution is 2.21. The third kappa shape index (κ3) is 5.01. The Morgan fingerprint density at radius 1 is 1.04 bits per heavy atom. The maximum Gasteiger partial charge on any atom is 0.191 e. The van der Waals surface area contributed by atoms with Crippen LogP contribution in [0.2, 0.25) is 0 Å². The predicted octanol–water partition coefficient (Wildman–Crippen LogP) is 3.34. The highest BCUT2D eigenvalue weighted by atomic mass is 16.5. The van der Waals surface area contributed by atoms with E-state index in [9.17, 15) is 0 Å². The first-order chi connectivity index (χ1) is 11.5. The van der Waals surface area contributed by atoms with Gasteiger partial charge in [0.2, 0.25) is 0 Å². The second-order valence-corrected chi connectivity index (χ2v) is 6.38. The van der Waals surface area contributed by atoms with Crippen molar-refractivity contribution in [3.8, 4) is 5.75 Å². The SMILES string of the molecule is CN=C(NCc1cccc(OC)c1)NCC(C)(C)c1ccccc1. The largest absolute Gasteiger partial charge is 0.497 e. The summed E-state index contributed by atoms with van der Waals surface area (Å²) < 4.78 is 5.26. The number of hydrogen-bond acceptors (Lipinski definition) is 2. The molecule has 0 saturated heterocycles. The van der Waals surface area contributed by atoms with Gasteiger partial charge in [-0.25, -0.2) is 0 Å². The maximum atomic E-state index is 5.26. The zero-order valence-electron chi connectivity index (χ0n) is 15.0. The molecule has 2 rings (SSSR count). The van der Waals surface area contributed by atoms with Gasteiger partial charge in [-0.1, -0.05) is 56.3 Å². The molecule has 4 heteroatoms. The number of hydrogen-bond donors (Lipinski definition) is 2. The van der Waals surface area contributed by atoms with Crippen molar-refractivity contribution in [2.24, 2.45) is 4.99 Å². The van der Waals surface area contributed by atoms with Gasteiger partial charge < -0.3 is 15.4 Å². The van der Waals surface area contributed by atoms with E-state index in [2.05, 4.69) is 59.8 Å². The van der Waals surface area contributed by atoms with Crippen LogP contribution in [0.1, 0.15) is 25.0 Å². The van der Waals surface area contributed by atoms with Crippen LogP contribution in [-0.2, 0) is 12.0 Å². The molecule has 0 aromatic heterocycles. The molecule has 2 aromatic carbocycles. The first-order valence-electron chi connectivity index (χ1n) is 8.18. The molecule has 2 N–H and O–H groups in total. The Morgan fingerprint density at radius 2 is 1.79 bits per heavy atom. The van der Waals surface area contributed by atoms with E-state index in [-0.39, 0.29) is 5.41 Å². The first kappa shape index (κ1) is 17.9. The molecule has 24 heavy (non-hydrogen) atoms. The van der Waals surface area contributed by atoms with Gasteiger partial charge in [0.25, 0.3) is 0 Å². The fourth-order valence-corrected chi connectivity index (χ4v) is 2.48. The molecule has 0 saturated carbocycles. The highest BCUT2D eigenvalue weighted by molar-refractivity contribution is 5.79. The van der Waals surface area contributed by atoms with Gasteiger partial charge in [-0.05, 0) is 23.3 Å². The van der Waals surface area contributed by atoms with E-state index in [0.29, 0.717) is 6.54 Å². The molecular weight excluding hydrogens is 298 g/mol. The zero-order valence-corrected chi connectivity index (χ0v) is 15.0. The molecule has 0 bridgehead atoms. The lowest BCUT2D eigenvalue weighted by Crippen LogP contribution is -2.43. The lowest BCUT2D eigenvalue weighted by Gasteiger charge is -2.26. The van der Waals surface area contributed by atoms with Gasteiger partial charge in [0.1, 0.15) is 5.75 Å². The van der Waals surface area contributed by atoms with E-state index in [4.69, 9.17) is 4.74 Å². The summed E-state index contributed by atoms with van der Waals surface area (Å²) in [6.07, 6.45) is 0. The molecular formula is C20H27N3O. The Balaban J connectivity index is 1.90. The zero-order chi connectivity index (χ0) is 17.4. The van der Waals surface area contributed by atoms with Gasteiger partial charge in [0.15, 0.2) is 5.96 Å². The number of ether oxygens (including phenoxy) is 1. The van der Waals surface area contributed by atoms with Crippen molar-refractivity contribution in [2.75, 3.05) is 20.7 Å². The van der Waals surface area contributed by atoms with E-state index in [1.807, 2.05) is 24.3 Å². The van der Waals surface area contributed by atoms with Crippen LogP contribution < -0.4 is 15.4 Å². The summed E-state index contributed by atoms with van der Waals surface area (Å²) in [5.41, 5.74) is 2.48. The number of rotatable bonds is 6. The van der Waals surface area contributed by atoms with Crippen LogP contribution in [-0.4, -0.2) is 26.7 Å². The molecule has 0 amide bonds. The molecule has 128 valence electrons. The van der Waals surface area contributed by atoms with Crippen molar-refractivity contribution in [1.29, 1.82) is 0 Å². The van der Waals surface area contributed by atoms with Crippen molar-refractivity contribution >= 4 is 5.96 Å². The highest BCUT2D eigenvalue weighted by Gasteiger charge is 2.20. The Labute approximate surface area is 145 Å². The molecule has 0 atom stereocenters. The van der Waals surface area contributed by atoms with Crippen LogP contribution >= 0.6 is 0 Å². The van der Waals surface area contributed by atoms with E-state index < -0.39 is 0 Å². The number of benzene rings is 2. The van der Waals surface area contributed by atoms with E-state index >= 15 is 0 Å². The fraction of sp³-hybridized carbons (Fsp3) is 0.350. The number of methoxy groups -OCH3 is 1. The number of aliphatic imine (C=N–C) groups is 1. The van der Waals surface area contributed by atoms with E-state index in [1.165, 1.54) is 5.56 Å². The van der Waals surface area contributed by atoms with Gasteiger partial charge in [0, 0.05) is 25.6 Å². The van der Waals surface area contributed by atoms with Gasteiger partial charge in [-0.15, -0.1) is 0 Å². The van der Waals surface area contributed by atoms with Gasteiger partial charge in [0.05, 0.1) is 7.11 Å². The van der Waals surface area contributed by atoms with Crippen molar-refractivity contribution < 1.29 is 4.74 Å². The van der Waals surface area contributed by atoms with Crippen LogP contribution in [0.3, 0.4) is 0 Å². The normalized spacial score (nSPS) is 11.9. The molecule has 0 fully saturated rings. The smallest absolute Gasteiger partial charge is 0.191 e. The standard InChI is InChI=1S/C20H27N3O/c1-20(2,17-10-6-5-7-11-17)15-23-19(21-3)22-14-16-9-8-12-18(13-16)24-4/h5-13H,14-15H2,1-4H3,(H2,21,22,23). The number of guanidine groups is 1. The molecule has 0 heterocycles. The average molecular weight is 325 g/mol. The second kappa shape index (κ2) is 8.39. The van der Waals surface area contributed by atoms with Crippen LogP contribution in [0, 0.1) is 0 Å². The summed E-state index contributed by atoms with van der Waals surface area (Å²) in [7, 11) is 3.47. The quantitative estimate of drug-likeness (QED) is 0.632. The molecule has 4 nitrogen and oxygen atoms in total. The van der Waals surface area contributed by atoms with Crippen molar-refractivity contribution in [1.82, 2.24) is 10.6 Å². The summed E-state index contributed by atoms with van der Waals surface area (Å²) in [5.74, 6) is 1.66. The number of nitrogens with zero attached hydrogens (tertiary/aromatic N) is 1. The van der Waals surface area contributed by atoms with E-state index in [1.54, 1.807) is 14.2 Å². The fourth-order valence-electron chi connectivity index (χ4n) is 2.48. The van der Waals surface area contributed by atoms with Crippen molar-refractivity contribution in [3.63, 3.8) is 0 Å². The molecule has 0 aliphatic rings. The summed E-state index contributed by atoms with van der Waals surface area (Å²) in [5, 5.41) is 6.76. The predicted molar refractivity (Wildman–Crippen MR) is 101 cm³/mol. The van der Waals surface area contributed by atoms with Gasteiger partial charge >= 0.3 is 0 Å². The molecule has 0 radical (unpaired) electrons. The molecule has 0 unspecified atom stereocenters. The summed E-state index contributed by atoms with van der Waals surface area (Å²) in [6.45, 7) is 5.95. The Morgan fingerprint density at radius 3 is 2.46 bits per heavy atom. The summed E-state index contributed by atoms with van der Waals surface area (Å²) in [4.78, 5) is 4.31. The lowest BCUT2D eigenvalue weighted by molar-refractivity contribution is 0.414. The maximum absolute atomic E-state index is 5.26. The summed E-state index contributed by atoms with van der Waals surface area (Å²) in [6, 6.07) is 18.5. The third-order valence-electron chi connectivity index (χ3n) is 4.07. The lowest BCUT2D eigenvalue weighted by atomic mass is 9.85. The average Bonchev–Trinajstić information content (AvgIpc) is 2.62. The second-order valence-electron chi connectivity index (χ2n) is 6.38. The van der Waals surface area contributed by atoms with Crippen LogP contribution in [0.15, 0.2) is 59.6 Å². The minimum absolute atomic E-state index is 0.0227.